The van der Waals surface area contributed by atoms with Crippen LogP contribution in [-0.2, 0) is 4.79 Å². The van der Waals surface area contributed by atoms with Crippen molar-refractivity contribution in [2.24, 2.45) is 0 Å². The summed E-state index contributed by atoms with van der Waals surface area (Å²) >= 11 is 0. The zero-order valence-electron chi connectivity index (χ0n) is 7.69. The van der Waals surface area contributed by atoms with Gasteiger partial charge in [-0.15, -0.1) is 0 Å². The first-order chi connectivity index (χ1) is 6.76. The molecule has 0 fully saturated rings. The molecule has 5 nitrogen and oxygen atoms in total. The Hall–Kier alpha value is -1.91. The molecule has 1 rings (SSSR count). The minimum atomic E-state index is -0.218. The number of amides is 1. The van der Waals surface area contributed by atoms with Crippen LogP contribution in [0.2, 0.25) is 0 Å². The van der Waals surface area contributed by atoms with Crippen LogP contribution in [0.15, 0.2) is 18.3 Å². The van der Waals surface area contributed by atoms with E-state index in [2.05, 4.69) is 10.3 Å². The van der Waals surface area contributed by atoms with Gasteiger partial charge in [-0.2, -0.15) is 0 Å². The van der Waals surface area contributed by atoms with E-state index in [1.807, 2.05) is 0 Å². The summed E-state index contributed by atoms with van der Waals surface area (Å²) in [4.78, 5) is 24.8. The van der Waals surface area contributed by atoms with Crippen molar-refractivity contribution in [3.8, 4) is 5.75 Å². The number of ether oxygens (including phenoxy) is 1. The molecule has 0 saturated heterocycles. The van der Waals surface area contributed by atoms with Gasteiger partial charge in [-0.3, -0.25) is 9.59 Å². The average molecular weight is 194 g/mol. The van der Waals surface area contributed by atoms with Crippen LogP contribution < -0.4 is 10.1 Å². The second-order valence-electron chi connectivity index (χ2n) is 2.50. The third kappa shape index (κ3) is 2.85. The molecule has 0 unspecified atom stereocenters. The number of nitrogens with one attached hydrogen (secondary N) is 1. The molecule has 0 saturated carbocycles. The van der Waals surface area contributed by atoms with Crippen molar-refractivity contribution >= 4 is 12.2 Å². The second-order valence-corrected chi connectivity index (χ2v) is 2.50. The molecule has 1 heterocycles. The Morgan fingerprint density at radius 2 is 2.43 bits per heavy atom. The summed E-state index contributed by atoms with van der Waals surface area (Å²) in [7, 11) is 1.53. The van der Waals surface area contributed by atoms with Crippen LogP contribution in [0.5, 0.6) is 5.75 Å². The third-order valence-corrected chi connectivity index (χ3v) is 1.53. The summed E-state index contributed by atoms with van der Waals surface area (Å²) in [5.41, 5.74) is 0.331. The summed E-state index contributed by atoms with van der Waals surface area (Å²) in [5.74, 6) is 0.240. The van der Waals surface area contributed by atoms with Gasteiger partial charge in [-0.05, 0) is 12.1 Å². The summed E-state index contributed by atoms with van der Waals surface area (Å²) in [6, 6.07) is 3.10. The Bertz CT molecular complexity index is 321. The van der Waals surface area contributed by atoms with Gasteiger partial charge in [0.1, 0.15) is 11.4 Å². The SMILES string of the molecule is CNC(=O)COc1ccc(C=O)nc1. The molecule has 1 amide bonds. The molecule has 1 aromatic heterocycles. The Morgan fingerprint density at radius 1 is 1.64 bits per heavy atom. The van der Waals surface area contributed by atoms with Gasteiger partial charge in [0.05, 0.1) is 6.20 Å². The Morgan fingerprint density at radius 3 is 2.93 bits per heavy atom. The van der Waals surface area contributed by atoms with Gasteiger partial charge in [-0.1, -0.05) is 0 Å². The molecule has 1 aromatic rings. The Balaban J connectivity index is 2.51. The quantitative estimate of drug-likeness (QED) is 0.686. The minimum Gasteiger partial charge on any atom is -0.482 e. The van der Waals surface area contributed by atoms with Crippen molar-refractivity contribution in [3.63, 3.8) is 0 Å². The van der Waals surface area contributed by atoms with Gasteiger partial charge in [0.2, 0.25) is 0 Å². The molecule has 1 N–H and O–H groups in total. The number of pyridine rings is 1. The predicted octanol–water partition coefficient (Wildman–Crippen LogP) is 0.0189. The van der Waals surface area contributed by atoms with Crippen molar-refractivity contribution in [1.82, 2.24) is 10.3 Å². The summed E-state index contributed by atoms with van der Waals surface area (Å²) in [6.07, 6.45) is 2.04. The normalized spacial score (nSPS) is 9.21. The van der Waals surface area contributed by atoms with E-state index in [1.165, 1.54) is 19.3 Å². The first-order valence-electron chi connectivity index (χ1n) is 4.01. The van der Waals surface area contributed by atoms with Crippen LogP contribution in [0.25, 0.3) is 0 Å². The smallest absolute Gasteiger partial charge is 0.257 e. The first-order valence-corrected chi connectivity index (χ1v) is 4.01. The lowest BCUT2D eigenvalue weighted by Gasteiger charge is -2.03. The van der Waals surface area contributed by atoms with Crippen LogP contribution >= 0.6 is 0 Å². The molecule has 0 bridgehead atoms. The molecule has 74 valence electrons. The summed E-state index contributed by atoms with van der Waals surface area (Å²) in [5, 5.41) is 2.42. The summed E-state index contributed by atoms with van der Waals surface area (Å²) in [6.45, 7) is -0.0569. The van der Waals surface area contributed by atoms with Crippen molar-refractivity contribution < 1.29 is 14.3 Å². The van der Waals surface area contributed by atoms with Gasteiger partial charge in [-0.25, -0.2) is 4.98 Å². The lowest BCUT2D eigenvalue weighted by Crippen LogP contribution is -2.24. The van der Waals surface area contributed by atoms with Crippen LogP contribution in [-0.4, -0.2) is 30.8 Å². The fourth-order valence-electron chi connectivity index (χ4n) is 0.768. The van der Waals surface area contributed by atoms with Gasteiger partial charge in [0, 0.05) is 7.05 Å². The molecule has 14 heavy (non-hydrogen) atoms. The fraction of sp³-hybridized carbons (Fsp3) is 0.222. The molecule has 0 aliphatic carbocycles. The predicted molar refractivity (Wildman–Crippen MR) is 49.2 cm³/mol. The lowest BCUT2D eigenvalue weighted by molar-refractivity contribution is -0.122. The van der Waals surface area contributed by atoms with E-state index in [9.17, 15) is 9.59 Å². The van der Waals surface area contributed by atoms with E-state index >= 15 is 0 Å². The Labute approximate surface area is 81.1 Å². The van der Waals surface area contributed by atoms with Crippen LogP contribution in [0.1, 0.15) is 10.5 Å². The molecule has 5 heteroatoms. The van der Waals surface area contributed by atoms with Crippen LogP contribution in [0.4, 0.5) is 0 Å². The number of hydrogen-bond donors (Lipinski definition) is 1. The highest BCUT2D eigenvalue weighted by Crippen LogP contribution is 2.07. The highest BCUT2D eigenvalue weighted by atomic mass is 16.5. The van der Waals surface area contributed by atoms with E-state index in [0.717, 1.165) is 0 Å². The van der Waals surface area contributed by atoms with Crippen molar-refractivity contribution in [2.75, 3.05) is 13.7 Å². The molecule has 0 spiro atoms. The summed E-state index contributed by atoms with van der Waals surface area (Å²) < 4.78 is 5.07. The maximum Gasteiger partial charge on any atom is 0.257 e. The van der Waals surface area contributed by atoms with E-state index in [-0.39, 0.29) is 12.5 Å². The van der Waals surface area contributed by atoms with E-state index in [0.29, 0.717) is 17.7 Å². The molecule has 0 aliphatic heterocycles. The molecule has 0 atom stereocenters. The van der Waals surface area contributed by atoms with Crippen molar-refractivity contribution in [2.45, 2.75) is 0 Å². The zero-order valence-corrected chi connectivity index (χ0v) is 7.69. The number of hydrogen-bond acceptors (Lipinski definition) is 4. The second kappa shape index (κ2) is 4.96. The van der Waals surface area contributed by atoms with Gasteiger partial charge < -0.3 is 10.1 Å². The maximum absolute atomic E-state index is 10.8. The van der Waals surface area contributed by atoms with E-state index in [4.69, 9.17) is 4.74 Å². The number of rotatable bonds is 4. The highest BCUT2D eigenvalue weighted by molar-refractivity contribution is 5.77. The highest BCUT2D eigenvalue weighted by Gasteiger charge is 1.99. The number of aromatic nitrogens is 1. The molecular formula is C9H10N2O3. The van der Waals surface area contributed by atoms with Crippen LogP contribution in [0, 0.1) is 0 Å². The van der Waals surface area contributed by atoms with Gasteiger partial charge in [0.15, 0.2) is 12.9 Å². The molecule has 0 radical (unpaired) electrons. The lowest BCUT2D eigenvalue weighted by atomic mass is 10.4. The van der Waals surface area contributed by atoms with E-state index < -0.39 is 0 Å². The topological polar surface area (TPSA) is 68.3 Å². The Kier molecular flexibility index (Phi) is 3.60. The van der Waals surface area contributed by atoms with Crippen molar-refractivity contribution in [1.29, 1.82) is 0 Å². The zero-order chi connectivity index (χ0) is 10.4. The third-order valence-electron chi connectivity index (χ3n) is 1.53. The number of aldehydes is 1. The number of likely N-dealkylation sites (N-methyl/N-ethyl adjacent to an activating group) is 1. The standard InChI is InChI=1S/C9H10N2O3/c1-10-9(13)6-14-8-3-2-7(5-12)11-4-8/h2-5H,6H2,1H3,(H,10,13). The van der Waals surface area contributed by atoms with Gasteiger partial charge >= 0.3 is 0 Å². The first kappa shape index (κ1) is 10.2. The number of carbonyl (C=O) groups is 2. The van der Waals surface area contributed by atoms with E-state index in [1.54, 1.807) is 6.07 Å². The average Bonchev–Trinajstić information content (AvgIpc) is 2.26. The van der Waals surface area contributed by atoms with Crippen molar-refractivity contribution in [3.05, 3.63) is 24.0 Å². The van der Waals surface area contributed by atoms with Crippen LogP contribution in [0.3, 0.4) is 0 Å². The molecular weight excluding hydrogens is 184 g/mol. The minimum absolute atomic E-state index is 0.0569. The molecule has 0 aromatic carbocycles. The largest absolute Gasteiger partial charge is 0.482 e. The fourth-order valence-corrected chi connectivity index (χ4v) is 0.768. The van der Waals surface area contributed by atoms with Gasteiger partial charge in [0.25, 0.3) is 5.91 Å². The number of carbonyl (C=O) groups excluding carboxylic acids is 2. The monoisotopic (exact) mass is 194 g/mol. The molecule has 0 aliphatic rings. The number of nitrogens with zero attached hydrogens (tertiary/aromatic N) is 1. The maximum atomic E-state index is 10.8.